The number of rotatable bonds is 4. The van der Waals surface area contributed by atoms with E-state index in [1.165, 1.54) is 11.3 Å². The number of hydrogen-bond acceptors (Lipinski definition) is 4. The fourth-order valence-corrected chi connectivity index (χ4v) is 1.45. The highest BCUT2D eigenvalue weighted by atomic mass is 32.1. The van der Waals surface area contributed by atoms with Crippen molar-refractivity contribution in [3.05, 3.63) is 22.2 Å². The minimum Gasteiger partial charge on any atom is -0.295 e. The van der Waals surface area contributed by atoms with Crippen molar-refractivity contribution in [2.24, 2.45) is 0 Å². The summed E-state index contributed by atoms with van der Waals surface area (Å²) >= 11 is 5.42. The minimum atomic E-state index is 0.528. The molecule has 0 bridgehead atoms. The van der Waals surface area contributed by atoms with E-state index < -0.39 is 0 Å². The second kappa shape index (κ2) is 5.11. The van der Waals surface area contributed by atoms with E-state index in [-0.39, 0.29) is 0 Å². The second-order valence-corrected chi connectivity index (χ2v) is 3.48. The van der Waals surface area contributed by atoms with E-state index in [9.17, 15) is 4.79 Å². The van der Waals surface area contributed by atoms with Crippen LogP contribution < -0.4 is 0 Å². The minimum absolute atomic E-state index is 0.528. The number of carbonyl (C=O) groups excluding carboxylic acids is 1. The van der Waals surface area contributed by atoms with Crippen LogP contribution in [0.5, 0.6) is 0 Å². The highest BCUT2D eigenvalue weighted by Gasteiger charge is 1.95. The van der Waals surface area contributed by atoms with Crippen molar-refractivity contribution in [2.75, 3.05) is 5.75 Å². The van der Waals surface area contributed by atoms with Gasteiger partial charge >= 0.3 is 0 Å². The van der Waals surface area contributed by atoms with Crippen LogP contribution >= 0.6 is 24.0 Å². The van der Waals surface area contributed by atoms with Gasteiger partial charge in [-0.25, -0.2) is 4.98 Å². The van der Waals surface area contributed by atoms with E-state index in [1.807, 2.05) is 17.5 Å². The van der Waals surface area contributed by atoms with Crippen molar-refractivity contribution < 1.29 is 4.79 Å². The van der Waals surface area contributed by atoms with Gasteiger partial charge in [0.1, 0.15) is 0 Å². The molecule has 0 spiro atoms. The van der Waals surface area contributed by atoms with E-state index in [2.05, 4.69) is 17.6 Å². The van der Waals surface area contributed by atoms with E-state index >= 15 is 0 Å². The number of aldehydes is 1. The molecule has 0 radical (unpaired) electrons. The molecular weight excluding hydrogens is 190 g/mol. The Kier molecular flexibility index (Phi) is 4.04. The fourth-order valence-electron chi connectivity index (χ4n) is 0.710. The number of thiazole rings is 1. The highest BCUT2D eigenvalue weighted by Crippen LogP contribution is 2.08. The molecule has 0 aromatic carbocycles. The summed E-state index contributed by atoms with van der Waals surface area (Å²) in [5.74, 6) is 0.834. The van der Waals surface area contributed by atoms with Crippen LogP contribution in [0.25, 0.3) is 6.08 Å². The molecule has 64 valence electrons. The van der Waals surface area contributed by atoms with Gasteiger partial charge in [0, 0.05) is 5.38 Å². The molecule has 0 aliphatic rings. The van der Waals surface area contributed by atoms with E-state index in [0.29, 0.717) is 5.01 Å². The molecule has 12 heavy (non-hydrogen) atoms. The highest BCUT2D eigenvalue weighted by molar-refractivity contribution is 7.80. The molecule has 0 saturated carbocycles. The Morgan fingerprint density at radius 2 is 2.50 bits per heavy atom. The Bertz CT molecular complexity index is 280. The zero-order chi connectivity index (χ0) is 8.81. The normalized spacial score (nSPS) is 10.8. The first-order chi connectivity index (χ1) is 5.86. The van der Waals surface area contributed by atoms with Gasteiger partial charge in [0.15, 0.2) is 11.3 Å². The number of carbonyl (C=O) groups is 1. The molecule has 1 aromatic rings. The smallest absolute Gasteiger partial charge is 0.178 e. The molecule has 0 fully saturated rings. The summed E-state index contributed by atoms with van der Waals surface area (Å²) in [5.41, 5.74) is 0.851. The molecule has 0 aliphatic carbocycles. The molecule has 0 saturated heterocycles. The topological polar surface area (TPSA) is 30.0 Å². The molecule has 1 heterocycles. The molecular formula is C8H9NOS2. The lowest BCUT2D eigenvalue weighted by molar-refractivity contribution is 0.112. The number of aromatic nitrogens is 1. The largest absolute Gasteiger partial charge is 0.295 e. The first kappa shape index (κ1) is 9.48. The van der Waals surface area contributed by atoms with E-state index in [1.54, 1.807) is 0 Å². The van der Waals surface area contributed by atoms with Crippen molar-refractivity contribution in [2.45, 2.75) is 6.42 Å². The SMILES string of the molecule is O=Cc1nc(C=CCCS)cs1. The molecule has 1 rings (SSSR count). The maximum Gasteiger partial charge on any atom is 0.178 e. The van der Waals surface area contributed by atoms with Crippen LogP contribution in [-0.2, 0) is 0 Å². The van der Waals surface area contributed by atoms with Gasteiger partial charge in [-0.2, -0.15) is 12.6 Å². The van der Waals surface area contributed by atoms with Crippen LogP contribution in [0, 0.1) is 0 Å². The lowest BCUT2D eigenvalue weighted by Crippen LogP contribution is -1.76. The summed E-state index contributed by atoms with van der Waals surface area (Å²) in [6.45, 7) is 0. The van der Waals surface area contributed by atoms with Crippen LogP contribution in [0.15, 0.2) is 11.5 Å². The predicted octanol–water partition coefficient (Wildman–Crippen LogP) is 2.29. The van der Waals surface area contributed by atoms with Gasteiger partial charge < -0.3 is 0 Å². The quantitative estimate of drug-likeness (QED) is 0.595. The van der Waals surface area contributed by atoms with Crippen LogP contribution in [0.2, 0.25) is 0 Å². The molecule has 2 nitrogen and oxygen atoms in total. The molecule has 1 aromatic heterocycles. The molecule has 4 heteroatoms. The Hall–Kier alpha value is -0.610. The summed E-state index contributed by atoms with van der Waals surface area (Å²) in [4.78, 5) is 14.3. The van der Waals surface area contributed by atoms with Gasteiger partial charge in [-0.3, -0.25) is 4.79 Å². The average molecular weight is 199 g/mol. The van der Waals surface area contributed by atoms with Crippen LogP contribution in [-0.4, -0.2) is 17.0 Å². The van der Waals surface area contributed by atoms with Gasteiger partial charge in [-0.15, -0.1) is 11.3 Å². The van der Waals surface area contributed by atoms with Crippen LogP contribution in [0.4, 0.5) is 0 Å². The zero-order valence-corrected chi connectivity index (χ0v) is 8.15. The average Bonchev–Trinajstić information content (AvgIpc) is 2.53. The van der Waals surface area contributed by atoms with Crippen molar-refractivity contribution in [3.8, 4) is 0 Å². The molecule has 0 unspecified atom stereocenters. The van der Waals surface area contributed by atoms with Gasteiger partial charge in [0.25, 0.3) is 0 Å². The van der Waals surface area contributed by atoms with Crippen molar-refractivity contribution >= 4 is 36.3 Å². The lowest BCUT2D eigenvalue weighted by Gasteiger charge is -1.82. The van der Waals surface area contributed by atoms with Gasteiger partial charge in [0.05, 0.1) is 5.69 Å². The maximum absolute atomic E-state index is 10.3. The number of nitrogens with zero attached hydrogens (tertiary/aromatic N) is 1. The second-order valence-electron chi connectivity index (χ2n) is 2.14. The summed E-state index contributed by atoms with van der Waals surface area (Å²) in [5, 5.41) is 2.39. The van der Waals surface area contributed by atoms with Crippen molar-refractivity contribution in [1.82, 2.24) is 4.98 Å². The third-order valence-electron chi connectivity index (χ3n) is 1.22. The monoisotopic (exact) mass is 199 g/mol. The molecule has 0 amide bonds. The summed E-state index contributed by atoms with van der Waals surface area (Å²) in [6, 6.07) is 0. The molecule has 0 atom stereocenters. The third kappa shape index (κ3) is 2.79. The first-order valence-corrected chi connectivity index (χ1v) is 5.06. The summed E-state index contributed by atoms with van der Waals surface area (Å²) < 4.78 is 0. The van der Waals surface area contributed by atoms with Crippen molar-refractivity contribution in [1.29, 1.82) is 0 Å². The standard InChI is InChI=1S/C8H9NOS2/c10-5-8-9-7(6-12-8)3-1-2-4-11/h1,3,5-6,11H,2,4H2. The van der Waals surface area contributed by atoms with E-state index in [4.69, 9.17) is 0 Å². The number of thiol groups is 1. The maximum atomic E-state index is 10.3. The van der Waals surface area contributed by atoms with Crippen LogP contribution in [0.1, 0.15) is 21.9 Å². The van der Waals surface area contributed by atoms with Gasteiger partial charge in [0.2, 0.25) is 0 Å². The zero-order valence-electron chi connectivity index (χ0n) is 6.43. The number of allylic oxidation sites excluding steroid dienone is 1. The Morgan fingerprint density at radius 1 is 1.67 bits per heavy atom. The van der Waals surface area contributed by atoms with Crippen LogP contribution in [0.3, 0.4) is 0 Å². The van der Waals surface area contributed by atoms with Gasteiger partial charge in [-0.1, -0.05) is 6.08 Å². The molecule has 0 N–H and O–H groups in total. The molecule has 0 aliphatic heterocycles. The fraction of sp³-hybridized carbons (Fsp3) is 0.250. The third-order valence-corrected chi connectivity index (χ3v) is 2.27. The summed E-state index contributed by atoms with van der Waals surface area (Å²) in [6.07, 6.45) is 5.59. The summed E-state index contributed by atoms with van der Waals surface area (Å²) in [7, 11) is 0. The number of hydrogen-bond donors (Lipinski definition) is 1. The predicted molar refractivity (Wildman–Crippen MR) is 55.0 cm³/mol. The van der Waals surface area contributed by atoms with Gasteiger partial charge in [-0.05, 0) is 18.2 Å². The lowest BCUT2D eigenvalue weighted by atomic mass is 10.3. The Balaban J connectivity index is 2.57. The van der Waals surface area contributed by atoms with E-state index in [0.717, 1.165) is 24.2 Å². The first-order valence-electron chi connectivity index (χ1n) is 3.55. The Morgan fingerprint density at radius 3 is 3.08 bits per heavy atom. The van der Waals surface area contributed by atoms with Crippen molar-refractivity contribution in [3.63, 3.8) is 0 Å². The Labute approximate surface area is 80.7 Å².